The second-order valence-corrected chi connectivity index (χ2v) is 4.91. The molecule has 0 unspecified atom stereocenters. The van der Waals surface area contributed by atoms with Gasteiger partial charge >= 0.3 is 0 Å². The molecule has 0 fully saturated rings. The zero-order valence-electron chi connectivity index (χ0n) is 11.6. The van der Waals surface area contributed by atoms with Crippen LogP contribution >= 0.6 is 15.9 Å². The van der Waals surface area contributed by atoms with Crippen molar-refractivity contribution in [2.24, 2.45) is 0 Å². The Morgan fingerprint density at radius 3 is 2.52 bits per heavy atom. The predicted molar refractivity (Wildman–Crippen MR) is 76.2 cm³/mol. The van der Waals surface area contributed by atoms with Gasteiger partial charge in [0, 0.05) is 6.54 Å². The summed E-state index contributed by atoms with van der Waals surface area (Å²) < 4.78 is 35.8. The number of amides is 1. The van der Waals surface area contributed by atoms with Crippen LogP contribution in [0.1, 0.15) is 10.4 Å². The molecule has 0 saturated heterocycles. The highest BCUT2D eigenvalue weighted by Crippen LogP contribution is 2.34. The van der Waals surface area contributed by atoms with E-state index in [9.17, 15) is 13.6 Å². The van der Waals surface area contributed by atoms with Gasteiger partial charge in [0.05, 0.1) is 37.4 Å². The number of ether oxygens (including phenoxy) is 2. The van der Waals surface area contributed by atoms with E-state index in [1.54, 1.807) is 6.07 Å². The fourth-order valence-corrected chi connectivity index (χ4v) is 2.39. The second-order valence-electron chi connectivity index (χ2n) is 4.06. The first-order valence-electron chi connectivity index (χ1n) is 6.04. The van der Waals surface area contributed by atoms with E-state index in [1.165, 1.54) is 20.3 Å². The van der Waals surface area contributed by atoms with Gasteiger partial charge in [0.15, 0.2) is 0 Å². The highest BCUT2D eigenvalue weighted by atomic mass is 79.9. The molecule has 0 saturated carbocycles. The van der Waals surface area contributed by atoms with Crippen molar-refractivity contribution < 1.29 is 28.2 Å². The van der Waals surface area contributed by atoms with E-state index in [-0.39, 0.29) is 17.9 Å². The number of aliphatic hydroxyl groups excluding tert-OH is 1. The van der Waals surface area contributed by atoms with E-state index in [1.807, 2.05) is 0 Å². The Balaban J connectivity index is 3.21. The van der Waals surface area contributed by atoms with Crippen LogP contribution in [0.3, 0.4) is 0 Å². The summed E-state index contributed by atoms with van der Waals surface area (Å²) in [7, 11) is 2.79. The van der Waals surface area contributed by atoms with Gasteiger partial charge in [-0.1, -0.05) is 0 Å². The van der Waals surface area contributed by atoms with Crippen LogP contribution in [0.25, 0.3) is 0 Å². The number of benzene rings is 1. The fraction of sp³-hybridized carbons (Fsp3) is 0.462. The Bertz CT molecular complexity index is 499. The largest absolute Gasteiger partial charge is 0.497 e. The van der Waals surface area contributed by atoms with Crippen LogP contribution in [0, 0.1) is 0 Å². The molecule has 1 rings (SSSR count). The summed E-state index contributed by atoms with van der Waals surface area (Å²) in [5.74, 6) is -0.0640. The molecule has 0 heterocycles. The lowest BCUT2D eigenvalue weighted by atomic mass is 10.1. The van der Waals surface area contributed by atoms with Crippen molar-refractivity contribution in [3.05, 3.63) is 22.2 Å². The Morgan fingerprint density at radius 1 is 1.38 bits per heavy atom. The third-order valence-electron chi connectivity index (χ3n) is 2.70. The van der Waals surface area contributed by atoms with Crippen LogP contribution in [-0.2, 0) is 0 Å². The minimum Gasteiger partial charge on any atom is -0.497 e. The highest BCUT2D eigenvalue weighted by molar-refractivity contribution is 9.10. The van der Waals surface area contributed by atoms with Crippen LogP contribution in [0.2, 0.25) is 0 Å². The van der Waals surface area contributed by atoms with Crippen molar-refractivity contribution in [2.75, 3.05) is 33.9 Å². The van der Waals surface area contributed by atoms with Crippen LogP contribution in [0.15, 0.2) is 16.6 Å². The molecule has 1 aromatic carbocycles. The normalized spacial score (nSPS) is 10.6. The Hall–Kier alpha value is -1.41. The van der Waals surface area contributed by atoms with E-state index in [2.05, 4.69) is 15.9 Å². The lowest BCUT2D eigenvalue weighted by Gasteiger charge is -2.23. The van der Waals surface area contributed by atoms with Crippen molar-refractivity contribution >= 4 is 21.8 Å². The van der Waals surface area contributed by atoms with Crippen molar-refractivity contribution in [3.63, 3.8) is 0 Å². The molecule has 0 aromatic heterocycles. The maximum absolute atomic E-state index is 12.6. The SMILES string of the molecule is COc1cc(Br)c(OC)c(C(=O)N(CCO)CC(F)F)c1. The molecule has 1 N–H and O–H groups in total. The van der Waals surface area contributed by atoms with Crippen LogP contribution in [0.4, 0.5) is 8.78 Å². The summed E-state index contributed by atoms with van der Waals surface area (Å²) >= 11 is 3.23. The molecule has 0 bridgehead atoms. The smallest absolute Gasteiger partial charge is 0.258 e. The summed E-state index contributed by atoms with van der Waals surface area (Å²) in [6, 6.07) is 3.00. The van der Waals surface area contributed by atoms with Gasteiger partial charge in [0.25, 0.3) is 12.3 Å². The standard InChI is InChI=1S/C13H16BrF2NO4/c1-20-8-5-9(12(21-2)10(14)6-8)13(19)17(3-4-18)7-11(15)16/h5-6,11,18H,3-4,7H2,1-2H3. The van der Waals surface area contributed by atoms with E-state index in [0.717, 1.165) is 4.90 Å². The first-order chi connectivity index (χ1) is 9.94. The molecule has 1 amide bonds. The van der Waals surface area contributed by atoms with E-state index in [0.29, 0.717) is 10.2 Å². The van der Waals surface area contributed by atoms with Gasteiger partial charge in [-0.05, 0) is 28.1 Å². The lowest BCUT2D eigenvalue weighted by molar-refractivity contribution is 0.0506. The topological polar surface area (TPSA) is 59.0 Å². The van der Waals surface area contributed by atoms with E-state index in [4.69, 9.17) is 14.6 Å². The number of nitrogens with zero attached hydrogens (tertiary/aromatic N) is 1. The van der Waals surface area contributed by atoms with Gasteiger partial charge in [-0.25, -0.2) is 8.78 Å². The van der Waals surface area contributed by atoms with Crippen LogP contribution in [0.5, 0.6) is 11.5 Å². The van der Waals surface area contributed by atoms with E-state index >= 15 is 0 Å². The van der Waals surface area contributed by atoms with Crippen molar-refractivity contribution in [3.8, 4) is 11.5 Å². The van der Waals surface area contributed by atoms with Gasteiger partial charge in [-0.2, -0.15) is 0 Å². The quantitative estimate of drug-likeness (QED) is 0.802. The van der Waals surface area contributed by atoms with Crippen molar-refractivity contribution in [2.45, 2.75) is 6.43 Å². The highest BCUT2D eigenvalue weighted by Gasteiger charge is 2.24. The molecule has 1 aromatic rings. The number of hydrogen-bond acceptors (Lipinski definition) is 4. The summed E-state index contributed by atoms with van der Waals surface area (Å²) in [6.07, 6.45) is -2.69. The average molecular weight is 368 g/mol. The molecule has 0 aliphatic rings. The van der Waals surface area contributed by atoms with Crippen LogP contribution < -0.4 is 9.47 Å². The first-order valence-corrected chi connectivity index (χ1v) is 6.83. The number of hydrogen-bond donors (Lipinski definition) is 1. The molecule has 0 atom stereocenters. The third kappa shape index (κ3) is 4.53. The summed E-state index contributed by atoms with van der Waals surface area (Å²) in [6.45, 7) is -1.37. The minimum atomic E-state index is -2.69. The monoisotopic (exact) mass is 367 g/mol. The maximum atomic E-state index is 12.6. The Morgan fingerprint density at radius 2 is 2.05 bits per heavy atom. The zero-order valence-corrected chi connectivity index (χ0v) is 13.2. The molecule has 0 spiro atoms. The fourth-order valence-electron chi connectivity index (χ4n) is 1.79. The molecule has 21 heavy (non-hydrogen) atoms. The molecule has 5 nitrogen and oxygen atoms in total. The third-order valence-corrected chi connectivity index (χ3v) is 3.29. The number of halogens is 3. The average Bonchev–Trinajstić information content (AvgIpc) is 2.44. The van der Waals surface area contributed by atoms with Gasteiger partial charge in [-0.15, -0.1) is 0 Å². The predicted octanol–water partition coefficient (Wildman–Crippen LogP) is 2.17. The molecular weight excluding hydrogens is 352 g/mol. The number of rotatable bonds is 7. The Labute approximate surface area is 129 Å². The molecule has 0 aliphatic carbocycles. The first kappa shape index (κ1) is 17.6. The van der Waals surface area contributed by atoms with Crippen molar-refractivity contribution in [1.29, 1.82) is 0 Å². The minimum absolute atomic E-state index is 0.0813. The number of alkyl halides is 2. The molecule has 0 aliphatic heterocycles. The number of aliphatic hydroxyl groups is 1. The van der Waals surface area contributed by atoms with Gasteiger partial charge in [0.1, 0.15) is 11.5 Å². The summed E-state index contributed by atoms with van der Waals surface area (Å²) in [5, 5.41) is 8.92. The second kappa shape index (κ2) is 8.14. The summed E-state index contributed by atoms with van der Waals surface area (Å²) in [4.78, 5) is 13.3. The van der Waals surface area contributed by atoms with Gasteiger partial charge < -0.3 is 19.5 Å². The Kier molecular flexibility index (Phi) is 6.83. The number of carbonyl (C=O) groups is 1. The molecule has 0 radical (unpaired) electrons. The molecular formula is C13H16BrF2NO4. The van der Waals surface area contributed by atoms with E-state index < -0.39 is 25.5 Å². The zero-order chi connectivity index (χ0) is 16.0. The lowest BCUT2D eigenvalue weighted by Crippen LogP contribution is -2.37. The van der Waals surface area contributed by atoms with Gasteiger partial charge in [-0.3, -0.25) is 4.79 Å². The molecule has 118 valence electrons. The van der Waals surface area contributed by atoms with Gasteiger partial charge in [0.2, 0.25) is 0 Å². The summed E-state index contributed by atoms with van der Waals surface area (Å²) in [5.41, 5.74) is 0.0813. The van der Waals surface area contributed by atoms with Crippen molar-refractivity contribution in [1.82, 2.24) is 4.90 Å². The van der Waals surface area contributed by atoms with Crippen LogP contribution in [-0.4, -0.2) is 56.3 Å². The number of methoxy groups -OCH3 is 2. The molecule has 8 heteroatoms. The number of carbonyl (C=O) groups excluding carboxylic acids is 1. The maximum Gasteiger partial charge on any atom is 0.258 e.